The van der Waals surface area contributed by atoms with E-state index in [0.29, 0.717) is 75.1 Å². The van der Waals surface area contributed by atoms with Gasteiger partial charge in [0.1, 0.15) is 71.9 Å². The quantitative estimate of drug-likeness (QED) is 0.0615. The maximum Gasteiger partial charge on any atom is 0.246 e. The molecule has 2 saturated heterocycles. The number of fused-ring (bicyclic) bond motifs is 32. The number of H-pyrrole nitrogens is 1. The van der Waals surface area contributed by atoms with Gasteiger partial charge in [0, 0.05) is 86.8 Å². The third-order valence-corrected chi connectivity index (χ3v) is 20.7. The Hall–Kier alpha value is -10.3. The normalized spacial score (nSPS) is 25.6. The first-order valence-electron chi connectivity index (χ1n) is 36.4. The lowest BCUT2D eigenvalue weighted by molar-refractivity contribution is -0.147. The van der Waals surface area contributed by atoms with Gasteiger partial charge >= 0.3 is 0 Å². The highest BCUT2D eigenvalue weighted by Gasteiger charge is 2.49. The van der Waals surface area contributed by atoms with E-state index >= 15 is 27.6 Å². The molecule has 0 spiro atoms. The Kier molecular flexibility index (Phi) is 27.8. The lowest BCUT2D eigenvalue weighted by Gasteiger charge is -2.37. The van der Waals surface area contributed by atoms with E-state index in [0.717, 1.165) is 4.90 Å². The van der Waals surface area contributed by atoms with Crippen LogP contribution in [0, 0.1) is 29.4 Å². The molecule has 1 aliphatic carbocycles. The van der Waals surface area contributed by atoms with Gasteiger partial charge in [-0.25, -0.2) is 13.2 Å². The number of ketones is 3. The van der Waals surface area contributed by atoms with Crippen LogP contribution in [0.15, 0.2) is 97.2 Å². The van der Waals surface area contributed by atoms with Crippen LogP contribution in [0.4, 0.5) is 13.2 Å². The van der Waals surface area contributed by atoms with Gasteiger partial charge < -0.3 is 72.7 Å². The number of unbranched alkanes of at least 4 members (excludes halogenated alkanes) is 1. The number of benzene rings is 4. The number of alkyl halides is 1. The van der Waals surface area contributed by atoms with Crippen molar-refractivity contribution in [2.24, 2.45) is 29.2 Å². The first-order valence-corrected chi connectivity index (χ1v) is 36.4. The van der Waals surface area contributed by atoms with Gasteiger partial charge in [-0.05, 0) is 167 Å². The summed E-state index contributed by atoms with van der Waals surface area (Å²) in [5.41, 5.74) is 13.6. The standard InChI is InChI=1S/C78H96F3N11O15/c1-6-56(94)33-51-37-68(97)84-27-29-107-58-22-13-45(14-23-58)30-49(70(83)98)36-67(96)78(4)25-9-28-92(78)77(105)63(31-46-11-20-57(106-5)21-12-46)89-75(103)69(44(3)93)90-74(102)65-40-55(81)42-91(65)76(104)64(34-48-16-15-47-17-18-53(79)38-59(47)48)88-71(99)50(32-52-41-85-61-24-19-54(80)39-60(52)61)35-66(95)43(2)86-73(101)62(87-72(51)100)10-7-8-26-82/h11-14,16-24,38-39,41,43-44,49-51,55,62-65,69,85,93H,6-10,15,25-37,40,42,82H2,1-5H3,(H2,83,98)(H,84,97)(H,86,101)(H,87,100)(H,88,99)(H,89,103)(H,90,102)/t43-,44-,49-,50-,51+,55+,62+,63+,64+,65+,69+,78+/m1/s1. The number of carbonyl (C=O) groups excluding carboxylic acids is 12. The zero-order valence-electron chi connectivity index (χ0n) is 60.8. The molecule has 1 aromatic heterocycles. The van der Waals surface area contributed by atoms with Crippen LogP contribution < -0.4 is 52.8 Å². The molecule has 4 aromatic carbocycles. The van der Waals surface area contributed by atoms with Crippen LogP contribution in [0.2, 0.25) is 0 Å². The minimum absolute atomic E-state index is 0.00111. The summed E-state index contributed by atoms with van der Waals surface area (Å²) in [4.78, 5) is 179. The number of rotatable bonds is 16. The molecule has 12 atom stereocenters. The fraction of sp³-hybridized carbons (Fsp3) is 0.487. The summed E-state index contributed by atoms with van der Waals surface area (Å²) in [7, 11) is 1.46. The Morgan fingerprint density at radius 1 is 0.766 bits per heavy atom. The highest BCUT2D eigenvalue weighted by molar-refractivity contribution is 6.01. The average Bonchev–Trinajstić information content (AvgIpc) is 1.71. The van der Waals surface area contributed by atoms with Crippen molar-refractivity contribution in [1.29, 1.82) is 0 Å². The van der Waals surface area contributed by atoms with Crippen LogP contribution in [0.5, 0.6) is 11.5 Å². The molecule has 107 heavy (non-hydrogen) atoms. The third-order valence-electron chi connectivity index (χ3n) is 20.7. The molecule has 29 heteroatoms. The summed E-state index contributed by atoms with van der Waals surface area (Å²) in [5.74, 6) is -13.8. The lowest BCUT2D eigenvalue weighted by Crippen LogP contribution is -2.62. The zero-order valence-corrected chi connectivity index (χ0v) is 60.8. The van der Waals surface area contributed by atoms with Crippen molar-refractivity contribution in [2.75, 3.05) is 39.9 Å². The molecule has 574 valence electrons. The molecule has 5 aliphatic rings. The maximum atomic E-state index is 16.2. The van der Waals surface area contributed by atoms with Crippen LogP contribution in [0.3, 0.4) is 0 Å². The number of aromatic nitrogens is 1. The number of amides is 9. The second-order valence-corrected chi connectivity index (χ2v) is 28.5. The molecule has 5 aromatic rings. The van der Waals surface area contributed by atoms with Crippen LogP contribution in [-0.4, -0.2) is 184 Å². The van der Waals surface area contributed by atoms with Crippen LogP contribution in [0.25, 0.3) is 16.5 Å². The number of primary amides is 1. The second kappa shape index (κ2) is 36.8. The van der Waals surface area contributed by atoms with Crippen molar-refractivity contribution >= 4 is 87.0 Å². The third kappa shape index (κ3) is 20.9. The van der Waals surface area contributed by atoms with Crippen molar-refractivity contribution < 1.29 is 85.3 Å². The molecule has 0 radical (unpaired) electrons. The van der Waals surface area contributed by atoms with Gasteiger partial charge in [-0.3, -0.25) is 57.5 Å². The number of aliphatic hydroxyl groups is 1. The number of ether oxygens (including phenoxy) is 2. The summed E-state index contributed by atoms with van der Waals surface area (Å²) in [6, 6.07) is 11.5. The van der Waals surface area contributed by atoms with E-state index in [2.05, 4.69) is 36.9 Å². The number of aromatic amines is 1. The summed E-state index contributed by atoms with van der Waals surface area (Å²) in [6.45, 7) is 5.09. The molecule has 10 rings (SSSR count). The first kappa shape index (κ1) is 80.8. The molecular formula is C78H96F3N11O15. The Labute approximate surface area is 618 Å². The number of hydrogen-bond acceptors (Lipinski definition) is 16. The van der Waals surface area contributed by atoms with Crippen molar-refractivity contribution in [3.63, 3.8) is 0 Å². The Morgan fingerprint density at radius 3 is 2.16 bits per heavy atom. The van der Waals surface area contributed by atoms with Crippen LogP contribution in [-0.2, 0) is 83.2 Å². The molecule has 0 unspecified atom stereocenters. The Bertz CT molecular complexity index is 4150. The van der Waals surface area contributed by atoms with Crippen LogP contribution >= 0.6 is 0 Å². The van der Waals surface area contributed by atoms with Gasteiger partial charge in [-0.15, -0.1) is 0 Å². The fourth-order valence-corrected chi connectivity index (χ4v) is 14.4. The van der Waals surface area contributed by atoms with E-state index in [9.17, 15) is 48.3 Å². The monoisotopic (exact) mass is 1480 g/mol. The summed E-state index contributed by atoms with van der Waals surface area (Å²) >= 11 is 0. The molecule has 2 bridgehead atoms. The van der Waals surface area contributed by atoms with Gasteiger partial charge in [0.2, 0.25) is 53.2 Å². The van der Waals surface area contributed by atoms with E-state index in [4.69, 9.17) is 20.9 Å². The summed E-state index contributed by atoms with van der Waals surface area (Å²) in [6.07, 6.45) is -2.31. The number of nitrogens with zero attached hydrogens (tertiary/aromatic N) is 2. The molecule has 2 fully saturated rings. The topological polar surface area (TPSA) is 390 Å². The second-order valence-electron chi connectivity index (χ2n) is 28.5. The van der Waals surface area contributed by atoms with Gasteiger partial charge in [0.05, 0.1) is 43.8 Å². The van der Waals surface area contributed by atoms with Crippen molar-refractivity contribution in [1.82, 2.24) is 46.7 Å². The molecule has 0 saturated carbocycles. The molecule has 12 N–H and O–H groups in total. The predicted molar refractivity (Wildman–Crippen MR) is 388 cm³/mol. The van der Waals surface area contributed by atoms with Crippen LogP contribution in [0.1, 0.15) is 133 Å². The van der Waals surface area contributed by atoms with E-state index in [1.54, 1.807) is 74.5 Å². The van der Waals surface area contributed by atoms with Gasteiger partial charge in [0.15, 0.2) is 11.6 Å². The highest BCUT2D eigenvalue weighted by Crippen LogP contribution is 2.36. The van der Waals surface area contributed by atoms with Crippen molar-refractivity contribution in [2.45, 2.75) is 184 Å². The highest BCUT2D eigenvalue weighted by atomic mass is 19.1. The molecule has 9 amide bonds. The lowest BCUT2D eigenvalue weighted by atomic mass is 9.84. The fourth-order valence-electron chi connectivity index (χ4n) is 14.4. The number of Topliss-reactive ketones (excluding diaryl/α,β-unsaturated/α-hetero) is 3. The molecule has 4 aliphatic heterocycles. The van der Waals surface area contributed by atoms with E-state index in [-0.39, 0.29) is 89.8 Å². The Morgan fingerprint density at radius 2 is 1.46 bits per heavy atom. The van der Waals surface area contributed by atoms with Gasteiger partial charge in [-0.2, -0.15) is 0 Å². The number of allylic oxidation sites excluding steroid dienone is 1. The SMILES string of the molecule is CCC(=O)C[C@H]1CC(=O)NCCOc2ccc(cc2)C[C@@H](C(N)=O)CC(=O)[C@]2(C)CCCN2C(=O)[C@H](Cc2ccc(OC)cc2)NC(=O)[C@H]([C@@H](C)O)NC(=O)[C@@H]2C[C@H](F)CN2C(=O)[C@H](CC2=CCc3ccc(F)cc32)NC(=O)[C@H](Cc2c[nH]c3ccc(F)cc23)CC(=O)[C@@H](C)NC(=O)[C@H](CCCCN)NC1=O. The molecule has 5 heterocycles. The largest absolute Gasteiger partial charge is 0.497 e. The first-order chi connectivity index (χ1) is 51.1. The smallest absolute Gasteiger partial charge is 0.246 e. The van der Waals surface area contributed by atoms with E-state index in [1.807, 2.05) is 0 Å². The maximum absolute atomic E-state index is 16.2. The van der Waals surface area contributed by atoms with Crippen molar-refractivity contribution in [3.8, 4) is 11.5 Å². The zero-order chi connectivity index (χ0) is 77.4. The van der Waals surface area contributed by atoms with Gasteiger partial charge in [-0.1, -0.05) is 43.3 Å². The summed E-state index contributed by atoms with van der Waals surface area (Å²) < 4.78 is 57.6. The van der Waals surface area contributed by atoms with Gasteiger partial charge in [0.25, 0.3) is 0 Å². The van der Waals surface area contributed by atoms with Crippen molar-refractivity contribution in [3.05, 3.63) is 137 Å². The Balaban J connectivity index is 1.07. The average molecular weight is 1480 g/mol. The molecule has 26 nitrogen and oxygen atoms in total. The number of carbonyl (C=O) groups is 12. The number of aliphatic hydroxyl groups excluding tert-OH is 1. The number of halogens is 3. The minimum Gasteiger partial charge on any atom is -0.497 e. The summed E-state index contributed by atoms with van der Waals surface area (Å²) in [5, 5.41) is 27.7. The minimum atomic E-state index is -1.89. The van der Waals surface area contributed by atoms with E-state index in [1.165, 1.54) is 62.4 Å². The number of nitrogens with one attached hydrogen (secondary N) is 7. The predicted octanol–water partition coefficient (Wildman–Crippen LogP) is 4.31. The molecular weight excluding hydrogens is 1390 g/mol. The number of hydrogen-bond donors (Lipinski definition) is 10. The number of methoxy groups -OCH3 is 1. The number of nitrogens with two attached hydrogens (primary N) is 2. The van der Waals surface area contributed by atoms with E-state index < -0.39 is 180 Å².